The number of carbonyl (C=O) groups is 4. The van der Waals surface area contributed by atoms with Crippen molar-refractivity contribution in [2.24, 2.45) is 0 Å². The lowest BCUT2D eigenvalue weighted by molar-refractivity contribution is -0.138. The van der Waals surface area contributed by atoms with E-state index in [-0.39, 0.29) is 49.2 Å². The first-order chi connectivity index (χ1) is 10.9. The zero-order valence-corrected chi connectivity index (χ0v) is 12.5. The highest BCUT2D eigenvalue weighted by atomic mass is 19.1. The van der Waals surface area contributed by atoms with Gasteiger partial charge in [0.1, 0.15) is 5.82 Å². The van der Waals surface area contributed by atoms with Crippen molar-refractivity contribution in [2.45, 2.75) is 26.2 Å². The van der Waals surface area contributed by atoms with Gasteiger partial charge in [-0.1, -0.05) is 0 Å². The van der Waals surface area contributed by atoms with E-state index in [1.54, 1.807) is 0 Å². The predicted octanol–water partition coefficient (Wildman–Crippen LogP) is 1.26. The summed E-state index contributed by atoms with van der Waals surface area (Å²) in [6, 6.07) is 3.78. The highest BCUT2D eigenvalue weighted by molar-refractivity contribution is 6.02. The Labute approximate surface area is 131 Å². The largest absolute Gasteiger partial charge is 0.326 e. The highest BCUT2D eigenvalue weighted by Gasteiger charge is 2.28. The van der Waals surface area contributed by atoms with Crippen molar-refractivity contribution >= 4 is 35.0 Å². The second-order valence-electron chi connectivity index (χ2n) is 5.11. The van der Waals surface area contributed by atoms with Gasteiger partial charge >= 0.3 is 0 Å². The summed E-state index contributed by atoms with van der Waals surface area (Å²) in [6.45, 7) is 1.28. The van der Waals surface area contributed by atoms with Crippen molar-refractivity contribution in [3.05, 3.63) is 24.0 Å². The normalized spacial score (nSPS) is 14.1. The van der Waals surface area contributed by atoms with E-state index >= 15 is 0 Å². The summed E-state index contributed by atoms with van der Waals surface area (Å²) in [7, 11) is 0. The van der Waals surface area contributed by atoms with Crippen molar-refractivity contribution in [2.75, 3.05) is 17.2 Å². The Morgan fingerprint density at radius 3 is 2.43 bits per heavy atom. The molecule has 0 aliphatic carbocycles. The first kappa shape index (κ1) is 16.6. The smallest absolute Gasteiger partial charge is 0.229 e. The molecule has 0 bridgehead atoms. The SMILES string of the molecule is CC(=O)Nc1ccc(F)c(NC(=O)CCN2C(=O)CCC2=O)c1. The van der Waals surface area contributed by atoms with E-state index in [2.05, 4.69) is 10.6 Å². The molecule has 1 fully saturated rings. The number of amides is 4. The molecule has 1 heterocycles. The highest BCUT2D eigenvalue weighted by Crippen LogP contribution is 2.20. The van der Waals surface area contributed by atoms with E-state index < -0.39 is 11.7 Å². The third kappa shape index (κ3) is 4.35. The molecule has 2 rings (SSSR count). The second-order valence-corrected chi connectivity index (χ2v) is 5.11. The number of anilines is 2. The number of carbonyl (C=O) groups excluding carboxylic acids is 4. The van der Waals surface area contributed by atoms with Crippen molar-refractivity contribution in [1.82, 2.24) is 4.90 Å². The lowest BCUT2D eigenvalue weighted by Crippen LogP contribution is -2.32. The van der Waals surface area contributed by atoms with Crippen LogP contribution in [0.1, 0.15) is 26.2 Å². The average Bonchev–Trinajstić information content (AvgIpc) is 2.79. The molecule has 1 aromatic rings. The standard InChI is InChI=1S/C15H16FN3O4/c1-9(20)17-10-2-3-11(16)12(8-10)18-13(21)6-7-19-14(22)4-5-15(19)23/h2-3,8H,4-7H2,1H3,(H,17,20)(H,18,21). The predicted molar refractivity (Wildman–Crippen MR) is 79.9 cm³/mol. The van der Waals surface area contributed by atoms with E-state index in [1.165, 1.54) is 19.1 Å². The molecule has 2 N–H and O–H groups in total. The third-order valence-corrected chi connectivity index (χ3v) is 3.28. The molecule has 4 amide bonds. The van der Waals surface area contributed by atoms with Gasteiger partial charge in [-0.05, 0) is 18.2 Å². The molecule has 1 saturated heterocycles. The molecule has 0 saturated carbocycles. The Balaban J connectivity index is 1.95. The van der Waals surface area contributed by atoms with Crippen molar-refractivity contribution in [3.8, 4) is 0 Å². The molecule has 0 spiro atoms. The van der Waals surface area contributed by atoms with Crippen molar-refractivity contribution < 1.29 is 23.6 Å². The number of benzene rings is 1. The van der Waals surface area contributed by atoms with E-state index in [4.69, 9.17) is 0 Å². The van der Waals surface area contributed by atoms with Crippen LogP contribution in [0.4, 0.5) is 15.8 Å². The van der Waals surface area contributed by atoms with Crippen LogP contribution in [0.2, 0.25) is 0 Å². The van der Waals surface area contributed by atoms with Gasteiger partial charge < -0.3 is 10.6 Å². The van der Waals surface area contributed by atoms with Crippen LogP contribution >= 0.6 is 0 Å². The fourth-order valence-electron chi connectivity index (χ4n) is 2.20. The van der Waals surface area contributed by atoms with Crippen LogP contribution in [0.3, 0.4) is 0 Å². The molecule has 0 aromatic heterocycles. The van der Waals surface area contributed by atoms with Gasteiger partial charge in [0, 0.05) is 38.4 Å². The molecule has 7 nitrogen and oxygen atoms in total. The number of rotatable bonds is 5. The van der Waals surface area contributed by atoms with Gasteiger partial charge in [0.25, 0.3) is 0 Å². The minimum atomic E-state index is -0.652. The lowest BCUT2D eigenvalue weighted by Gasteiger charge is -2.14. The first-order valence-electron chi connectivity index (χ1n) is 7.07. The van der Waals surface area contributed by atoms with Gasteiger partial charge in [-0.25, -0.2) is 4.39 Å². The number of halogens is 1. The number of hydrogen-bond donors (Lipinski definition) is 2. The minimum absolute atomic E-state index is 0.0312. The van der Waals surface area contributed by atoms with E-state index in [1.807, 2.05) is 0 Å². The van der Waals surface area contributed by atoms with Gasteiger partial charge in [-0.3, -0.25) is 24.1 Å². The van der Waals surface area contributed by atoms with Crippen LogP contribution in [0, 0.1) is 5.82 Å². The first-order valence-corrected chi connectivity index (χ1v) is 7.07. The van der Waals surface area contributed by atoms with Crippen LogP contribution in [-0.2, 0) is 19.2 Å². The Hall–Kier alpha value is -2.77. The molecule has 23 heavy (non-hydrogen) atoms. The minimum Gasteiger partial charge on any atom is -0.326 e. The van der Waals surface area contributed by atoms with Crippen molar-refractivity contribution in [3.63, 3.8) is 0 Å². The number of nitrogens with one attached hydrogen (secondary N) is 2. The molecule has 1 aliphatic rings. The van der Waals surface area contributed by atoms with E-state index in [0.29, 0.717) is 5.69 Å². The summed E-state index contributed by atoms with van der Waals surface area (Å²) in [4.78, 5) is 46.7. The molecule has 0 atom stereocenters. The summed E-state index contributed by atoms with van der Waals surface area (Å²) in [5.74, 6) is -2.11. The molecule has 0 unspecified atom stereocenters. The molecular formula is C15H16FN3O4. The summed E-state index contributed by atoms with van der Waals surface area (Å²) in [5.41, 5.74) is 0.263. The van der Waals surface area contributed by atoms with Crippen LogP contribution in [0.25, 0.3) is 0 Å². The van der Waals surface area contributed by atoms with Crippen LogP contribution in [-0.4, -0.2) is 35.1 Å². The van der Waals surface area contributed by atoms with Gasteiger partial charge in [-0.15, -0.1) is 0 Å². The van der Waals surface area contributed by atoms with E-state index in [9.17, 15) is 23.6 Å². The van der Waals surface area contributed by atoms with Crippen LogP contribution in [0.5, 0.6) is 0 Å². The Kier molecular flexibility index (Phi) is 5.05. The monoisotopic (exact) mass is 321 g/mol. The third-order valence-electron chi connectivity index (χ3n) is 3.28. The Bertz CT molecular complexity index is 659. The molecule has 1 aromatic carbocycles. The zero-order chi connectivity index (χ0) is 17.0. The maximum atomic E-state index is 13.7. The number of imide groups is 1. The lowest BCUT2D eigenvalue weighted by atomic mass is 10.2. The quantitative estimate of drug-likeness (QED) is 0.798. The Morgan fingerprint density at radius 1 is 1.17 bits per heavy atom. The maximum absolute atomic E-state index is 13.7. The number of hydrogen-bond acceptors (Lipinski definition) is 4. The number of nitrogens with zero attached hydrogens (tertiary/aromatic N) is 1. The molecule has 0 radical (unpaired) electrons. The van der Waals surface area contributed by atoms with E-state index in [0.717, 1.165) is 11.0 Å². The van der Waals surface area contributed by atoms with Crippen LogP contribution < -0.4 is 10.6 Å². The maximum Gasteiger partial charge on any atom is 0.229 e. The molecule has 8 heteroatoms. The second kappa shape index (κ2) is 6.99. The summed E-state index contributed by atoms with van der Waals surface area (Å²) in [6.07, 6.45) is 0.197. The van der Waals surface area contributed by atoms with Gasteiger partial charge in [0.15, 0.2) is 0 Å². The average molecular weight is 321 g/mol. The van der Waals surface area contributed by atoms with Gasteiger partial charge in [0.05, 0.1) is 5.69 Å². The fourth-order valence-corrected chi connectivity index (χ4v) is 2.20. The zero-order valence-electron chi connectivity index (χ0n) is 12.5. The summed E-state index contributed by atoms with van der Waals surface area (Å²) < 4.78 is 13.7. The van der Waals surface area contributed by atoms with Gasteiger partial charge in [-0.2, -0.15) is 0 Å². The topological polar surface area (TPSA) is 95.6 Å². The molecule has 1 aliphatic heterocycles. The summed E-state index contributed by atoms with van der Waals surface area (Å²) in [5, 5.41) is 4.84. The number of likely N-dealkylation sites (tertiary alicyclic amines) is 1. The van der Waals surface area contributed by atoms with Gasteiger partial charge in [0.2, 0.25) is 23.6 Å². The fraction of sp³-hybridized carbons (Fsp3) is 0.333. The molecule has 122 valence electrons. The summed E-state index contributed by atoms with van der Waals surface area (Å²) >= 11 is 0. The Morgan fingerprint density at radius 2 is 1.83 bits per heavy atom. The molecular weight excluding hydrogens is 305 g/mol. The van der Waals surface area contributed by atoms with Crippen molar-refractivity contribution in [1.29, 1.82) is 0 Å². The van der Waals surface area contributed by atoms with Crippen LogP contribution in [0.15, 0.2) is 18.2 Å².